The monoisotopic (exact) mass is 305 g/mol. The highest BCUT2D eigenvalue weighted by molar-refractivity contribution is 6.04. The number of rotatable bonds is 5. The van der Waals surface area contributed by atoms with Gasteiger partial charge in [-0.2, -0.15) is 0 Å². The molecule has 2 amide bonds. The van der Waals surface area contributed by atoms with E-state index in [1.165, 1.54) is 4.90 Å². The van der Waals surface area contributed by atoms with Crippen molar-refractivity contribution in [2.24, 2.45) is 5.92 Å². The third kappa shape index (κ3) is 3.50. The number of nitrogens with two attached hydrogens (primary N) is 1. The van der Waals surface area contributed by atoms with Gasteiger partial charge in [0.05, 0.1) is 5.69 Å². The van der Waals surface area contributed by atoms with Crippen molar-refractivity contribution in [1.82, 2.24) is 5.32 Å². The molecule has 3 N–H and O–H groups in total. The number of hydrogen-bond acceptors (Lipinski definition) is 4. The number of hydrogen-bond donors (Lipinski definition) is 2. The van der Waals surface area contributed by atoms with Crippen molar-refractivity contribution in [2.75, 3.05) is 23.7 Å². The molecule has 0 bridgehead atoms. The Labute approximate surface area is 130 Å². The summed E-state index contributed by atoms with van der Waals surface area (Å²) in [6.07, 6.45) is -0.0378. The van der Waals surface area contributed by atoms with Gasteiger partial charge in [0.1, 0.15) is 12.3 Å². The molecule has 1 aromatic rings. The summed E-state index contributed by atoms with van der Waals surface area (Å²) in [5, 5.41) is 2.83. The van der Waals surface area contributed by atoms with Crippen LogP contribution >= 0.6 is 0 Å². The zero-order valence-electron chi connectivity index (χ0n) is 13.3. The lowest BCUT2D eigenvalue weighted by atomic mass is 10.1. The maximum Gasteiger partial charge on any atom is 0.268 e. The summed E-state index contributed by atoms with van der Waals surface area (Å²) in [7, 11) is 0. The van der Waals surface area contributed by atoms with Gasteiger partial charge >= 0.3 is 0 Å². The average Bonchev–Trinajstić information content (AvgIpc) is 2.47. The highest BCUT2D eigenvalue weighted by Crippen LogP contribution is 2.36. The van der Waals surface area contributed by atoms with Crippen LogP contribution in [0.25, 0.3) is 0 Å². The smallest absolute Gasteiger partial charge is 0.268 e. The Kier molecular flexibility index (Phi) is 4.90. The molecule has 0 saturated carbocycles. The molecular formula is C16H23N3O3. The molecule has 1 heterocycles. The number of fused-ring (bicyclic) bond motifs is 1. The van der Waals surface area contributed by atoms with E-state index in [2.05, 4.69) is 5.32 Å². The van der Waals surface area contributed by atoms with E-state index in [1.807, 2.05) is 20.8 Å². The molecule has 6 heteroatoms. The van der Waals surface area contributed by atoms with Gasteiger partial charge in [0.2, 0.25) is 5.91 Å². The SMILES string of the molecule is CCC1Oc2cc(N)ccc2N(CC(=O)NCC(C)C)C1=O. The third-order valence-electron chi connectivity index (χ3n) is 3.47. The van der Waals surface area contributed by atoms with Crippen molar-refractivity contribution in [3.63, 3.8) is 0 Å². The van der Waals surface area contributed by atoms with Crippen LogP contribution in [0.2, 0.25) is 0 Å². The molecule has 6 nitrogen and oxygen atoms in total. The van der Waals surface area contributed by atoms with Gasteiger partial charge < -0.3 is 15.8 Å². The highest BCUT2D eigenvalue weighted by Gasteiger charge is 2.34. The first-order valence-corrected chi connectivity index (χ1v) is 7.56. The summed E-state index contributed by atoms with van der Waals surface area (Å²) in [4.78, 5) is 26.0. The maximum atomic E-state index is 12.5. The number of benzene rings is 1. The topological polar surface area (TPSA) is 84.7 Å². The first-order chi connectivity index (χ1) is 10.4. The summed E-state index contributed by atoms with van der Waals surface area (Å²) in [6.45, 7) is 6.49. The molecule has 0 radical (unpaired) electrons. The van der Waals surface area contributed by atoms with Gasteiger partial charge in [-0.3, -0.25) is 14.5 Å². The zero-order chi connectivity index (χ0) is 16.3. The van der Waals surface area contributed by atoms with E-state index in [9.17, 15) is 9.59 Å². The van der Waals surface area contributed by atoms with Crippen molar-refractivity contribution < 1.29 is 14.3 Å². The lowest BCUT2D eigenvalue weighted by Gasteiger charge is -2.33. The standard InChI is InChI=1S/C16H23N3O3/c1-4-13-16(21)19(9-15(20)18-8-10(2)3)12-6-5-11(17)7-14(12)22-13/h5-7,10,13H,4,8-9,17H2,1-3H3,(H,18,20). The minimum Gasteiger partial charge on any atom is -0.478 e. The molecule has 1 aliphatic heterocycles. The van der Waals surface area contributed by atoms with Crippen LogP contribution in [0.15, 0.2) is 18.2 Å². The van der Waals surface area contributed by atoms with E-state index in [4.69, 9.17) is 10.5 Å². The van der Waals surface area contributed by atoms with Gasteiger partial charge in [-0.05, 0) is 24.5 Å². The summed E-state index contributed by atoms with van der Waals surface area (Å²) in [5.41, 5.74) is 6.92. The van der Waals surface area contributed by atoms with E-state index >= 15 is 0 Å². The van der Waals surface area contributed by atoms with Crippen LogP contribution < -0.4 is 20.7 Å². The minimum atomic E-state index is -0.577. The normalized spacial score (nSPS) is 17.2. The predicted octanol–water partition coefficient (Wildman–Crippen LogP) is 1.54. The Morgan fingerprint density at radius 1 is 1.45 bits per heavy atom. The van der Waals surface area contributed by atoms with Crippen molar-refractivity contribution in [3.8, 4) is 5.75 Å². The number of nitrogens with zero attached hydrogens (tertiary/aromatic N) is 1. The molecule has 120 valence electrons. The van der Waals surface area contributed by atoms with Crippen LogP contribution in [0, 0.1) is 5.92 Å². The van der Waals surface area contributed by atoms with Crippen molar-refractivity contribution in [1.29, 1.82) is 0 Å². The summed E-state index contributed by atoms with van der Waals surface area (Å²) in [5.74, 6) is 0.531. The fourth-order valence-corrected chi connectivity index (χ4v) is 2.28. The van der Waals surface area contributed by atoms with Crippen molar-refractivity contribution >= 4 is 23.2 Å². The largest absolute Gasteiger partial charge is 0.478 e. The molecule has 1 aromatic carbocycles. The number of carbonyl (C=O) groups excluding carboxylic acids is 2. The van der Waals surface area contributed by atoms with Gasteiger partial charge in [-0.1, -0.05) is 20.8 Å². The third-order valence-corrected chi connectivity index (χ3v) is 3.47. The van der Waals surface area contributed by atoms with E-state index in [1.54, 1.807) is 18.2 Å². The Balaban J connectivity index is 2.21. The van der Waals surface area contributed by atoms with Crippen LogP contribution in [0.4, 0.5) is 11.4 Å². The summed E-state index contributed by atoms with van der Waals surface area (Å²) in [6, 6.07) is 5.09. The van der Waals surface area contributed by atoms with Gasteiger partial charge in [0.15, 0.2) is 6.10 Å². The van der Waals surface area contributed by atoms with Crippen molar-refractivity contribution in [2.45, 2.75) is 33.3 Å². The maximum absolute atomic E-state index is 12.5. The molecule has 2 rings (SSSR count). The van der Waals surface area contributed by atoms with E-state index in [-0.39, 0.29) is 18.4 Å². The number of nitrogen functional groups attached to an aromatic ring is 1. The number of nitrogens with one attached hydrogen (secondary N) is 1. The molecule has 22 heavy (non-hydrogen) atoms. The molecule has 0 saturated heterocycles. The van der Waals surface area contributed by atoms with Crippen LogP contribution in [0.3, 0.4) is 0 Å². The fraction of sp³-hybridized carbons (Fsp3) is 0.500. The first kappa shape index (κ1) is 16.1. The zero-order valence-corrected chi connectivity index (χ0v) is 13.3. The number of anilines is 2. The van der Waals surface area contributed by atoms with E-state index in [0.29, 0.717) is 36.0 Å². The molecule has 1 aliphatic rings. The number of amides is 2. The second kappa shape index (κ2) is 6.68. The molecular weight excluding hydrogens is 282 g/mol. The van der Waals surface area contributed by atoms with Gasteiger partial charge in [-0.15, -0.1) is 0 Å². The Hall–Kier alpha value is -2.24. The quantitative estimate of drug-likeness (QED) is 0.808. The Bertz CT molecular complexity index is 572. The van der Waals surface area contributed by atoms with Crippen LogP contribution in [-0.4, -0.2) is 31.0 Å². The van der Waals surface area contributed by atoms with Crippen LogP contribution in [-0.2, 0) is 9.59 Å². The molecule has 0 aromatic heterocycles. The summed E-state index contributed by atoms with van der Waals surface area (Å²) < 4.78 is 5.68. The van der Waals surface area contributed by atoms with Crippen LogP contribution in [0.1, 0.15) is 27.2 Å². The lowest BCUT2D eigenvalue weighted by Crippen LogP contribution is -2.49. The second-order valence-electron chi connectivity index (χ2n) is 5.86. The van der Waals surface area contributed by atoms with E-state index in [0.717, 1.165) is 0 Å². The number of carbonyl (C=O) groups is 2. The van der Waals surface area contributed by atoms with Gasteiger partial charge in [0.25, 0.3) is 5.91 Å². The molecule has 0 spiro atoms. The van der Waals surface area contributed by atoms with Crippen molar-refractivity contribution in [3.05, 3.63) is 18.2 Å². The fourth-order valence-electron chi connectivity index (χ4n) is 2.28. The second-order valence-corrected chi connectivity index (χ2v) is 5.86. The Morgan fingerprint density at radius 2 is 2.18 bits per heavy atom. The lowest BCUT2D eigenvalue weighted by molar-refractivity contribution is -0.129. The molecule has 1 atom stereocenters. The summed E-state index contributed by atoms with van der Waals surface area (Å²) >= 11 is 0. The molecule has 0 fully saturated rings. The number of ether oxygens (including phenoxy) is 1. The van der Waals surface area contributed by atoms with Gasteiger partial charge in [-0.25, -0.2) is 0 Å². The van der Waals surface area contributed by atoms with E-state index < -0.39 is 6.10 Å². The first-order valence-electron chi connectivity index (χ1n) is 7.56. The Morgan fingerprint density at radius 3 is 2.82 bits per heavy atom. The minimum absolute atomic E-state index is 0.0116. The molecule has 0 aliphatic carbocycles. The molecule has 1 unspecified atom stereocenters. The van der Waals surface area contributed by atoms with Gasteiger partial charge in [0, 0.05) is 18.3 Å². The predicted molar refractivity (Wildman–Crippen MR) is 85.8 cm³/mol. The highest BCUT2D eigenvalue weighted by atomic mass is 16.5. The average molecular weight is 305 g/mol. The van der Waals surface area contributed by atoms with Crippen LogP contribution in [0.5, 0.6) is 5.75 Å².